The monoisotopic (exact) mass is 535 g/mol. The van der Waals surface area contributed by atoms with Crippen LogP contribution in [0.3, 0.4) is 0 Å². The minimum absolute atomic E-state index is 0.0609. The van der Waals surface area contributed by atoms with Gasteiger partial charge in [0.15, 0.2) is 0 Å². The molecule has 1 N–H and O–H groups in total. The predicted molar refractivity (Wildman–Crippen MR) is 135 cm³/mol. The van der Waals surface area contributed by atoms with E-state index in [2.05, 4.69) is 25.0 Å². The van der Waals surface area contributed by atoms with Gasteiger partial charge in [-0.25, -0.2) is 4.79 Å². The number of benzene rings is 1. The Balaban J connectivity index is 1.84. The molecule has 0 atom stereocenters. The van der Waals surface area contributed by atoms with Crippen LogP contribution in [0.5, 0.6) is 0 Å². The van der Waals surface area contributed by atoms with Gasteiger partial charge in [-0.1, -0.05) is 37.3 Å². The molecule has 0 saturated heterocycles. The van der Waals surface area contributed by atoms with Crippen LogP contribution in [-0.2, 0) is 38.0 Å². The van der Waals surface area contributed by atoms with Crippen LogP contribution in [0.4, 0.5) is 4.79 Å². The molecule has 0 spiro atoms. The molecule has 12 heteroatoms. The molecule has 202 valence electrons. The number of ether oxygens (including phenoxy) is 5. The van der Waals surface area contributed by atoms with Crippen molar-refractivity contribution < 1.29 is 41.1 Å². The summed E-state index contributed by atoms with van der Waals surface area (Å²) in [5.41, 5.74) is 0.974. The molecule has 0 aromatic heterocycles. The topological polar surface area (TPSA) is 119 Å². The largest absolute Gasteiger partial charge is 0.450 e. The quantitative estimate of drug-likeness (QED) is 0.153. The third kappa shape index (κ3) is 17.5. The van der Waals surface area contributed by atoms with Gasteiger partial charge in [0, 0.05) is 14.6 Å². The van der Waals surface area contributed by atoms with E-state index in [1.54, 1.807) is 12.1 Å². The maximum absolute atomic E-state index is 12.0. The summed E-state index contributed by atoms with van der Waals surface area (Å²) in [6.45, 7) is 12.2. The number of amides is 1. The third-order valence-corrected chi connectivity index (χ3v) is 7.52. The van der Waals surface area contributed by atoms with Gasteiger partial charge in [0.05, 0.1) is 71.0 Å². The second-order valence-corrected chi connectivity index (χ2v) is 16.1. The Labute approximate surface area is 210 Å². The fourth-order valence-electron chi connectivity index (χ4n) is 2.46. The predicted octanol–water partition coefficient (Wildman–Crippen LogP) is 2.83. The van der Waals surface area contributed by atoms with Gasteiger partial charge in [-0.2, -0.15) is 8.42 Å². The van der Waals surface area contributed by atoms with Gasteiger partial charge in [-0.15, -0.1) is 0 Å². The van der Waals surface area contributed by atoms with E-state index >= 15 is 0 Å². The average Bonchev–Trinajstić information content (AvgIpc) is 2.78. The van der Waals surface area contributed by atoms with Crippen molar-refractivity contribution in [2.24, 2.45) is 0 Å². The maximum Gasteiger partial charge on any atom is 0.407 e. The van der Waals surface area contributed by atoms with Crippen LogP contribution in [0.25, 0.3) is 0 Å². The number of hydrogen-bond donors (Lipinski definition) is 1. The van der Waals surface area contributed by atoms with Gasteiger partial charge >= 0.3 is 6.09 Å². The van der Waals surface area contributed by atoms with Gasteiger partial charge < -0.3 is 29.0 Å². The fourth-order valence-corrected chi connectivity index (χ4v) is 4.07. The molecule has 0 radical (unpaired) electrons. The Hall–Kier alpha value is -1.54. The molecule has 35 heavy (non-hydrogen) atoms. The van der Waals surface area contributed by atoms with E-state index in [1.165, 1.54) is 12.1 Å². The molecular weight excluding hydrogens is 494 g/mol. The van der Waals surface area contributed by atoms with Crippen molar-refractivity contribution in [3.8, 4) is 0 Å². The first kappa shape index (κ1) is 31.5. The van der Waals surface area contributed by atoms with Gasteiger partial charge in [0.25, 0.3) is 10.1 Å². The van der Waals surface area contributed by atoms with E-state index in [0.717, 1.165) is 11.6 Å². The Morgan fingerprint density at radius 2 is 1.26 bits per heavy atom. The zero-order valence-electron chi connectivity index (χ0n) is 21.4. The van der Waals surface area contributed by atoms with Gasteiger partial charge in [0.2, 0.25) is 0 Å². The highest BCUT2D eigenvalue weighted by atomic mass is 32.2. The lowest BCUT2D eigenvalue weighted by molar-refractivity contribution is -0.00407. The summed E-state index contributed by atoms with van der Waals surface area (Å²) in [6.07, 6.45) is -0.413. The van der Waals surface area contributed by atoms with Crippen molar-refractivity contribution in [3.05, 3.63) is 29.8 Å². The van der Waals surface area contributed by atoms with Crippen LogP contribution >= 0.6 is 0 Å². The molecule has 0 saturated carbocycles. The van der Waals surface area contributed by atoms with E-state index < -0.39 is 24.3 Å². The van der Waals surface area contributed by atoms with E-state index in [4.69, 9.17) is 27.9 Å². The molecule has 1 rings (SSSR count). The van der Waals surface area contributed by atoms with Crippen LogP contribution in [0.1, 0.15) is 5.56 Å². The molecular formula is C23H41NO9SSi. The van der Waals surface area contributed by atoms with E-state index in [9.17, 15) is 13.2 Å². The van der Waals surface area contributed by atoms with E-state index in [0.29, 0.717) is 59.4 Å². The van der Waals surface area contributed by atoms with Crippen LogP contribution in [0.15, 0.2) is 29.2 Å². The minimum Gasteiger partial charge on any atom is -0.450 e. The van der Waals surface area contributed by atoms with Crippen molar-refractivity contribution in [1.29, 1.82) is 0 Å². The number of alkyl carbamates (subject to hydrolysis) is 1. The lowest BCUT2D eigenvalue weighted by atomic mass is 10.2. The summed E-state index contributed by atoms with van der Waals surface area (Å²) >= 11 is 0. The summed E-state index contributed by atoms with van der Waals surface area (Å²) in [6, 6.07) is 7.41. The molecule has 10 nitrogen and oxygen atoms in total. The van der Waals surface area contributed by atoms with Crippen molar-refractivity contribution in [3.63, 3.8) is 0 Å². The number of rotatable bonds is 20. The summed E-state index contributed by atoms with van der Waals surface area (Å²) in [5, 5.41) is 2.65. The van der Waals surface area contributed by atoms with Crippen LogP contribution in [0, 0.1) is 6.92 Å². The lowest BCUT2D eigenvalue weighted by Gasteiger charge is -2.15. The molecule has 0 aliphatic carbocycles. The number of aryl methyl sites for hydroxylation is 1. The first-order chi connectivity index (χ1) is 16.6. The molecule has 0 heterocycles. The summed E-state index contributed by atoms with van der Waals surface area (Å²) in [4.78, 5) is 11.6. The normalized spacial score (nSPS) is 12.0. The molecule has 1 aromatic carbocycles. The first-order valence-corrected chi connectivity index (χ1v) is 16.9. The van der Waals surface area contributed by atoms with Crippen molar-refractivity contribution >= 4 is 24.3 Å². The molecule has 1 amide bonds. The Kier molecular flexibility index (Phi) is 16.0. The van der Waals surface area contributed by atoms with E-state index in [1.807, 2.05) is 6.92 Å². The standard InChI is InChI=1S/C23H41NO9SSi/c1-21-5-7-22(8-6-21)34(26,27)33-18-17-31-16-15-30-14-13-29-12-11-28-10-9-24-23(25)32-19-20-35(2,3)4/h5-8H,9-20H2,1-4H3,(H,24,25). The van der Waals surface area contributed by atoms with Crippen molar-refractivity contribution in [2.45, 2.75) is 37.5 Å². The molecule has 0 aliphatic rings. The Bertz CT molecular complexity index is 798. The summed E-state index contributed by atoms with van der Waals surface area (Å²) < 4.78 is 55.6. The summed E-state index contributed by atoms with van der Waals surface area (Å²) in [5.74, 6) is 0. The zero-order chi connectivity index (χ0) is 26.0. The smallest absolute Gasteiger partial charge is 0.407 e. The maximum atomic E-state index is 12.0. The van der Waals surface area contributed by atoms with Gasteiger partial charge in [-0.3, -0.25) is 4.18 Å². The minimum atomic E-state index is -3.77. The van der Waals surface area contributed by atoms with Crippen LogP contribution in [0.2, 0.25) is 25.7 Å². The van der Waals surface area contributed by atoms with Gasteiger partial charge in [-0.05, 0) is 25.1 Å². The summed E-state index contributed by atoms with van der Waals surface area (Å²) in [7, 11) is -4.97. The molecule has 1 aromatic rings. The highest BCUT2D eigenvalue weighted by Crippen LogP contribution is 2.13. The van der Waals surface area contributed by atoms with Crippen molar-refractivity contribution in [1.82, 2.24) is 5.32 Å². The Morgan fingerprint density at radius 3 is 1.77 bits per heavy atom. The third-order valence-electron chi connectivity index (χ3n) is 4.49. The number of carbonyl (C=O) groups is 1. The molecule has 0 aliphatic heterocycles. The van der Waals surface area contributed by atoms with Crippen molar-refractivity contribution in [2.75, 3.05) is 72.6 Å². The van der Waals surface area contributed by atoms with Crippen LogP contribution in [-0.4, -0.2) is 95.2 Å². The first-order valence-electron chi connectivity index (χ1n) is 11.8. The second kappa shape index (κ2) is 17.8. The number of nitrogens with one attached hydrogen (secondary N) is 1. The highest BCUT2D eigenvalue weighted by molar-refractivity contribution is 7.86. The molecule has 0 fully saturated rings. The number of hydrogen-bond acceptors (Lipinski definition) is 9. The lowest BCUT2D eigenvalue weighted by Crippen LogP contribution is -2.30. The fraction of sp³-hybridized carbons (Fsp3) is 0.696. The second-order valence-electron chi connectivity index (χ2n) is 8.91. The SMILES string of the molecule is Cc1ccc(S(=O)(=O)OCCOCCOCCOCCOCCNC(=O)OCC[Si](C)(C)C)cc1. The zero-order valence-corrected chi connectivity index (χ0v) is 23.2. The van der Waals surface area contributed by atoms with Gasteiger partial charge in [0.1, 0.15) is 0 Å². The molecule has 0 unspecified atom stereocenters. The number of carbonyl (C=O) groups excluding carboxylic acids is 1. The Morgan fingerprint density at radius 1 is 0.771 bits per heavy atom. The average molecular weight is 536 g/mol. The molecule has 0 bridgehead atoms. The highest BCUT2D eigenvalue weighted by Gasteiger charge is 2.15. The van der Waals surface area contributed by atoms with E-state index in [-0.39, 0.29) is 18.1 Å². The van der Waals surface area contributed by atoms with Crippen LogP contribution < -0.4 is 5.32 Å².